The zero-order chi connectivity index (χ0) is 20.8. The van der Waals surface area contributed by atoms with Crippen LogP contribution in [0.4, 0.5) is 5.13 Å². The standard InChI is InChI=1S/C24H20N2O3S/c1-28-20-11-9-19(10-12-20)22-16-30-24(25-22)26-23(27)15-29-21-13-7-18(8-14-21)17-5-3-2-4-6-17/h2-14,16H,15H2,1H3,(H,25,26,27). The smallest absolute Gasteiger partial charge is 0.264 e. The van der Waals surface area contributed by atoms with E-state index >= 15 is 0 Å². The molecule has 0 atom stereocenters. The molecule has 0 aliphatic rings. The van der Waals surface area contributed by atoms with Crippen LogP contribution in [-0.4, -0.2) is 24.6 Å². The number of rotatable bonds is 7. The van der Waals surface area contributed by atoms with Gasteiger partial charge in [0.2, 0.25) is 0 Å². The van der Waals surface area contributed by atoms with Gasteiger partial charge in [-0.25, -0.2) is 4.98 Å². The molecule has 0 aliphatic carbocycles. The topological polar surface area (TPSA) is 60.5 Å². The minimum absolute atomic E-state index is 0.0812. The first-order valence-electron chi connectivity index (χ1n) is 9.39. The molecular weight excluding hydrogens is 396 g/mol. The number of carbonyl (C=O) groups is 1. The van der Waals surface area contributed by atoms with Crippen molar-refractivity contribution in [2.45, 2.75) is 0 Å². The van der Waals surface area contributed by atoms with E-state index in [1.165, 1.54) is 11.3 Å². The molecule has 6 heteroatoms. The molecule has 4 rings (SSSR count). The molecule has 1 heterocycles. The predicted octanol–water partition coefficient (Wildman–Crippen LogP) is 5.50. The fourth-order valence-corrected chi connectivity index (χ4v) is 3.64. The summed E-state index contributed by atoms with van der Waals surface area (Å²) in [5, 5.41) is 5.22. The second-order valence-electron chi connectivity index (χ2n) is 6.49. The number of nitrogens with one attached hydrogen (secondary N) is 1. The van der Waals surface area contributed by atoms with E-state index in [-0.39, 0.29) is 12.5 Å². The summed E-state index contributed by atoms with van der Waals surface area (Å²) in [6, 6.07) is 25.4. The van der Waals surface area contributed by atoms with E-state index in [4.69, 9.17) is 9.47 Å². The number of hydrogen-bond donors (Lipinski definition) is 1. The summed E-state index contributed by atoms with van der Waals surface area (Å²) >= 11 is 1.37. The largest absolute Gasteiger partial charge is 0.497 e. The van der Waals surface area contributed by atoms with Crippen LogP contribution in [0, 0.1) is 0 Å². The van der Waals surface area contributed by atoms with Gasteiger partial charge in [0.05, 0.1) is 12.8 Å². The fraction of sp³-hybridized carbons (Fsp3) is 0.0833. The third-order valence-electron chi connectivity index (χ3n) is 4.47. The highest BCUT2D eigenvalue weighted by atomic mass is 32.1. The van der Waals surface area contributed by atoms with Crippen LogP contribution in [0.25, 0.3) is 22.4 Å². The third-order valence-corrected chi connectivity index (χ3v) is 5.23. The Labute approximate surface area is 178 Å². The van der Waals surface area contributed by atoms with Crippen molar-refractivity contribution in [3.63, 3.8) is 0 Å². The zero-order valence-electron chi connectivity index (χ0n) is 16.4. The van der Waals surface area contributed by atoms with Gasteiger partial charge < -0.3 is 9.47 Å². The lowest BCUT2D eigenvalue weighted by Crippen LogP contribution is -2.20. The van der Waals surface area contributed by atoms with Crippen molar-refractivity contribution < 1.29 is 14.3 Å². The summed E-state index contributed by atoms with van der Waals surface area (Å²) in [5.74, 6) is 1.18. The number of methoxy groups -OCH3 is 1. The van der Waals surface area contributed by atoms with Crippen molar-refractivity contribution >= 4 is 22.4 Å². The van der Waals surface area contributed by atoms with Crippen molar-refractivity contribution in [3.8, 4) is 33.9 Å². The van der Waals surface area contributed by atoms with E-state index in [9.17, 15) is 4.79 Å². The molecule has 30 heavy (non-hydrogen) atoms. The van der Waals surface area contributed by atoms with Crippen LogP contribution in [-0.2, 0) is 4.79 Å². The zero-order valence-corrected chi connectivity index (χ0v) is 17.2. The second-order valence-corrected chi connectivity index (χ2v) is 7.35. The van der Waals surface area contributed by atoms with E-state index < -0.39 is 0 Å². The fourth-order valence-electron chi connectivity index (χ4n) is 2.90. The Balaban J connectivity index is 1.31. The lowest BCUT2D eigenvalue weighted by atomic mass is 10.1. The number of anilines is 1. The van der Waals surface area contributed by atoms with Crippen LogP contribution in [0.15, 0.2) is 84.2 Å². The van der Waals surface area contributed by atoms with Gasteiger partial charge in [0.15, 0.2) is 11.7 Å². The Morgan fingerprint density at radius 2 is 1.50 bits per heavy atom. The van der Waals surface area contributed by atoms with Crippen molar-refractivity contribution in [3.05, 3.63) is 84.2 Å². The monoisotopic (exact) mass is 416 g/mol. The van der Waals surface area contributed by atoms with E-state index in [1.807, 2.05) is 72.1 Å². The van der Waals surface area contributed by atoms with Gasteiger partial charge in [-0.05, 0) is 47.5 Å². The first-order chi connectivity index (χ1) is 14.7. The molecule has 0 saturated heterocycles. The summed E-state index contributed by atoms with van der Waals surface area (Å²) in [6.07, 6.45) is 0. The highest BCUT2D eigenvalue weighted by Crippen LogP contribution is 2.26. The molecule has 0 aliphatic heterocycles. The number of nitrogens with zero attached hydrogens (tertiary/aromatic N) is 1. The summed E-state index contributed by atoms with van der Waals surface area (Å²) in [7, 11) is 1.63. The maximum atomic E-state index is 12.2. The van der Waals surface area contributed by atoms with Gasteiger partial charge in [0, 0.05) is 10.9 Å². The SMILES string of the molecule is COc1ccc(-c2csc(NC(=O)COc3ccc(-c4ccccc4)cc3)n2)cc1. The second kappa shape index (κ2) is 9.24. The normalized spacial score (nSPS) is 10.4. The maximum absolute atomic E-state index is 12.2. The van der Waals surface area contributed by atoms with Gasteiger partial charge in [-0.15, -0.1) is 11.3 Å². The van der Waals surface area contributed by atoms with Gasteiger partial charge in [0.1, 0.15) is 11.5 Å². The van der Waals surface area contributed by atoms with Crippen molar-refractivity contribution in [2.75, 3.05) is 19.0 Å². The number of thiazole rings is 1. The first kappa shape index (κ1) is 19.7. The van der Waals surface area contributed by atoms with Crippen molar-refractivity contribution in [2.24, 2.45) is 0 Å². The third kappa shape index (κ3) is 4.85. The van der Waals surface area contributed by atoms with E-state index in [1.54, 1.807) is 7.11 Å². The average molecular weight is 417 g/mol. The summed E-state index contributed by atoms with van der Waals surface area (Å²) in [6.45, 7) is -0.0812. The van der Waals surface area contributed by atoms with Crippen molar-refractivity contribution in [1.29, 1.82) is 0 Å². The number of benzene rings is 3. The number of aromatic nitrogens is 1. The Bertz CT molecular complexity index is 1110. The molecule has 5 nitrogen and oxygen atoms in total. The summed E-state index contributed by atoms with van der Waals surface area (Å²) in [5.41, 5.74) is 4.00. The number of carbonyl (C=O) groups excluding carboxylic acids is 1. The highest BCUT2D eigenvalue weighted by Gasteiger charge is 2.09. The van der Waals surface area contributed by atoms with Gasteiger partial charge in [-0.1, -0.05) is 42.5 Å². The molecule has 1 aromatic heterocycles. The van der Waals surface area contributed by atoms with Crippen LogP contribution in [0.2, 0.25) is 0 Å². The maximum Gasteiger partial charge on any atom is 0.264 e. The summed E-state index contributed by atoms with van der Waals surface area (Å²) in [4.78, 5) is 16.7. The molecule has 3 aromatic carbocycles. The Hall–Kier alpha value is -3.64. The number of ether oxygens (including phenoxy) is 2. The van der Waals surface area contributed by atoms with Crippen LogP contribution in [0.1, 0.15) is 0 Å². The molecule has 0 radical (unpaired) electrons. The minimum Gasteiger partial charge on any atom is -0.497 e. The van der Waals surface area contributed by atoms with Gasteiger partial charge >= 0.3 is 0 Å². The lowest BCUT2D eigenvalue weighted by molar-refractivity contribution is -0.118. The molecule has 0 saturated carbocycles. The quantitative estimate of drug-likeness (QED) is 0.432. The van der Waals surface area contributed by atoms with E-state index in [0.717, 1.165) is 28.1 Å². The van der Waals surface area contributed by atoms with E-state index in [0.29, 0.717) is 10.9 Å². The molecule has 0 fully saturated rings. The van der Waals surface area contributed by atoms with Crippen LogP contribution < -0.4 is 14.8 Å². The first-order valence-corrected chi connectivity index (χ1v) is 10.3. The molecule has 150 valence electrons. The predicted molar refractivity (Wildman–Crippen MR) is 120 cm³/mol. The van der Waals surface area contributed by atoms with Gasteiger partial charge in [0.25, 0.3) is 5.91 Å². The summed E-state index contributed by atoms with van der Waals surface area (Å²) < 4.78 is 10.8. The van der Waals surface area contributed by atoms with Crippen LogP contribution in [0.5, 0.6) is 11.5 Å². The average Bonchev–Trinajstić information content (AvgIpc) is 3.27. The number of hydrogen-bond acceptors (Lipinski definition) is 5. The Kier molecular flexibility index (Phi) is 6.06. The van der Waals surface area contributed by atoms with Crippen LogP contribution >= 0.6 is 11.3 Å². The molecule has 1 N–H and O–H groups in total. The lowest BCUT2D eigenvalue weighted by Gasteiger charge is -2.07. The molecule has 0 bridgehead atoms. The molecule has 1 amide bonds. The molecule has 4 aromatic rings. The molecule has 0 unspecified atom stereocenters. The van der Waals surface area contributed by atoms with Crippen molar-refractivity contribution in [1.82, 2.24) is 4.98 Å². The Morgan fingerprint density at radius 1 is 0.867 bits per heavy atom. The molecular formula is C24H20N2O3S. The minimum atomic E-state index is -0.252. The van der Waals surface area contributed by atoms with Gasteiger partial charge in [-0.2, -0.15) is 0 Å². The molecule has 0 spiro atoms. The highest BCUT2D eigenvalue weighted by molar-refractivity contribution is 7.14. The Morgan fingerprint density at radius 3 is 2.20 bits per heavy atom. The van der Waals surface area contributed by atoms with E-state index in [2.05, 4.69) is 22.4 Å². The van der Waals surface area contributed by atoms with Crippen LogP contribution in [0.3, 0.4) is 0 Å². The van der Waals surface area contributed by atoms with Gasteiger partial charge in [-0.3, -0.25) is 10.1 Å². The number of amides is 1.